The number of aryl methyl sites for hydroxylation is 1. The molecule has 0 radical (unpaired) electrons. The molecule has 2 aromatic rings. The fourth-order valence-corrected chi connectivity index (χ4v) is 2.79. The number of benzene rings is 1. The predicted octanol–water partition coefficient (Wildman–Crippen LogP) is 2.81. The van der Waals surface area contributed by atoms with E-state index in [4.69, 9.17) is 10.5 Å². The van der Waals surface area contributed by atoms with Gasteiger partial charge >= 0.3 is 78.0 Å². The van der Waals surface area contributed by atoms with E-state index in [-0.39, 0.29) is 5.54 Å². The third kappa shape index (κ3) is 5.29. The van der Waals surface area contributed by atoms with Crippen LogP contribution in [0, 0.1) is 3.80 Å². The molecule has 1 aromatic heterocycles. The molecule has 2 rings (SSSR count). The Balaban J connectivity index is 0.000000211. The summed E-state index contributed by atoms with van der Waals surface area (Å²) in [6.45, 7) is 7.20. The molecular weight excluding hydrogens is 445 g/mol. The van der Waals surface area contributed by atoms with Crippen molar-refractivity contribution in [3.8, 4) is 5.75 Å². The Morgan fingerprint density at radius 1 is 1.14 bits per heavy atom. The molecule has 4 nitrogen and oxygen atoms in total. The van der Waals surface area contributed by atoms with Crippen molar-refractivity contribution in [3.63, 3.8) is 0 Å². The number of nitrogens with zero attached hydrogens (tertiary/aromatic N) is 2. The molecule has 0 aliphatic heterocycles. The van der Waals surface area contributed by atoms with Crippen LogP contribution in [0.4, 0.5) is 0 Å². The maximum atomic E-state index is 5.40. The molecular formula is C16H25N3OPt. The summed E-state index contributed by atoms with van der Waals surface area (Å²) in [6, 6.07) is 7.72. The van der Waals surface area contributed by atoms with E-state index in [0.29, 0.717) is 6.54 Å². The van der Waals surface area contributed by atoms with Crippen molar-refractivity contribution < 1.29 is 24.1 Å². The predicted molar refractivity (Wildman–Crippen MR) is 82.5 cm³/mol. The molecule has 0 spiro atoms. The average Bonchev–Trinajstić information content (AvgIpc) is 2.79. The number of hydrogen-bond donors (Lipinski definition) is 1. The van der Waals surface area contributed by atoms with Crippen LogP contribution in [0.3, 0.4) is 0 Å². The first-order valence-corrected chi connectivity index (χ1v) is 7.96. The number of methoxy groups -OCH3 is 1. The summed E-state index contributed by atoms with van der Waals surface area (Å²) in [4.78, 5) is 0. The Kier molecular flexibility index (Phi) is 6.63. The number of nitrogens with two attached hydrogens (primary N) is 1. The molecule has 0 bridgehead atoms. The van der Waals surface area contributed by atoms with Gasteiger partial charge in [0.15, 0.2) is 0 Å². The van der Waals surface area contributed by atoms with E-state index in [1.807, 2.05) is 24.3 Å². The second-order valence-corrected chi connectivity index (χ2v) is 6.76. The first-order chi connectivity index (χ1) is 9.79. The van der Waals surface area contributed by atoms with Crippen LogP contribution in [0.5, 0.6) is 5.75 Å². The molecule has 2 N–H and O–H groups in total. The van der Waals surface area contributed by atoms with Gasteiger partial charge in [0.1, 0.15) is 5.75 Å². The first-order valence-electron chi connectivity index (χ1n) is 6.82. The van der Waals surface area contributed by atoms with Gasteiger partial charge in [-0.3, -0.25) is 0 Å². The molecule has 0 fully saturated rings. The molecule has 1 aromatic carbocycles. The van der Waals surface area contributed by atoms with Crippen LogP contribution in [0.1, 0.15) is 26.3 Å². The normalized spacial score (nSPS) is 10.9. The minimum absolute atomic E-state index is 0.193. The van der Waals surface area contributed by atoms with Gasteiger partial charge in [0, 0.05) is 6.54 Å². The van der Waals surface area contributed by atoms with Crippen molar-refractivity contribution in [1.82, 2.24) is 9.13 Å². The molecule has 0 saturated carbocycles. The number of hydrogen-bond acceptors (Lipinski definition) is 2. The van der Waals surface area contributed by atoms with Gasteiger partial charge in [-0.15, -0.1) is 0 Å². The van der Waals surface area contributed by atoms with Gasteiger partial charge in [0.25, 0.3) is 0 Å². The van der Waals surface area contributed by atoms with E-state index in [1.165, 1.54) is 3.80 Å². The molecule has 0 atom stereocenters. The van der Waals surface area contributed by atoms with Crippen LogP contribution in [0.25, 0.3) is 0 Å². The molecule has 0 aliphatic carbocycles. The number of imidazole rings is 1. The Hall–Kier alpha value is -1.12. The summed E-state index contributed by atoms with van der Waals surface area (Å²) in [6.07, 6.45) is 4.19. The van der Waals surface area contributed by atoms with E-state index >= 15 is 0 Å². The summed E-state index contributed by atoms with van der Waals surface area (Å²) < 4.78 is 10.6. The molecule has 0 amide bonds. The van der Waals surface area contributed by atoms with Crippen molar-refractivity contribution in [2.24, 2.45) is 12.8 Å². The molecule has 0 saturated heterocycles. The summed E-state index contributed by atoms with van der Waals surface area (Å²) >= 11 is 2.33. The molecule has 0 unspecified atom stereocenters. The molecule has 0 aliphatic rings. The van der Waals surface area contributed by atoms with Crippen LogP contribution in [0.2, 0.25) is 0 Å². The van der Waals surface area contributed by atoms with Crippen molar-refractivity contribution in [2.45, 2.75) is 32.9 Å². The van der Waals surface area contributed by atoms with Crippen molar-refractivity contribution >= 4 is 0 Å². The summed E-state index contributed by atoms with van der Waals surface area (Å²) in [7, 11) is 3.71. The molecule has 120 valence electrons. The molecule has 21 heavy (non-hydrogen) atoms. The van der Waals surface area contributed by atoms with Gasteiger partial charge in [-0.1, -0.05) is 12.1 Å². The third-order valence-corrected chi connectivity index (χ3v) is 4.36. The van der Waals surface area contributed by atoms with Gasteiger partial charge in [0.05, 0.1) is 7.11 Å². The molecule has 5 heteroatoms. The fourth-order valence-electron chi connectivity index (χ4n) is 1.69. The number of ether oxygens (including phenoxy) is 1. The average molecular weight is 470 g/mol. The summed E-state index contributed by atoms with van der Waals surface area (Å²) in [5.41, 5.74) is 6.72. The standard InChI is InChI=1S/C8H14N2.C8H11NO.Pt/c1-8(2,3)10-6-5-9(4)7-10;1-10-8-4-2-7(6-9)3-5-8;/h5-6H,1-4H3;2-5H,6,9H2,1H3;. The monoisotopic (exact) mass is 470 g/mol. The fraction of sp³-hybridized carbons (Fsp3) is 0.438. The number of aromatic nitrogens is 2. The summed E-state index contributed by atoms with van der Waals surface area (Å²) in [5, 5.41) is 0. The zero-order chi connectivity index (χ0) is 16.0. The van der Waals surface area contributed by atoms with Gasteiger partial charge < -0.3 is 10.5 Å². The van der Waals surface area contributed by atoms with E-state index in [0.717, 1.165) is 11.3 Å². The van der Waals surface area contributed by atoms with Gasteiger partial charge in [-0.05, 0) is 17.7 Å². The Morgan fingerprint density at radius 2 is 1.71 bits per heavy atom. The van der Waals surface area contributed by atoms with Crippen LogP contribution in [-0.2, 0) is 38.5 Å². The third-order valence-electron chi connectivity index (χ3n) is 3.01. The molecule has 1 heterocycles. The Bertz CT molecular complexity index is 583. The van der Waals surface area contributed by atoms with E-state index in [9.17, 15) is 0 Å². The van der Waals surface area contributed by atoms with E-state index in [2.05, 4.69) is 68.7 Å². The van der Waals surface area contributed by atoms with E-state index < -0.39 is 0 Å². The van der Waals surface area contributed by atoms with Crippen molar-refractivity contribution in [3.05, 3.63) is 46.0 Å². The van der Waals surface area contributed by atoms with Crippen molar-refractivity contribution in [1.29, 1.82) is 0 Å². The SMILES string of the molecule is COc1ccc(CN)cc1.Cn1ccn(C(C)(C)C)[c]1=[Pt]. The zero-order valence-corrected chi connectivity index (χ0v) is 15.6. The second kappa shape index (κ2) is 7.76. The maximum absolute atomic E-state index is 5.40. The van der Waals surface area contributed by atoms with Gasteiger partial charge in [-0.25, -0.2) is 0 Å². The van der Waals surface area contributed by atoms with Gasteiger partial charge in [-0.2, -0.15) is 0 Å². The Labute approximate surface area is 138 Å². The van der Waals surface area contributed by atoms with Crippen LogP contribution in [-0.4, -0.2) is 16.2 Å². The van der Waals surface area contributed by atoms with Crippen LogP contribution >= 0.6 is 0 Å². The quantitative estimate of drug-likeness (QED) is 0.734. The van der Waals surface area contributed by atoms with Crippen LogP contribution < -0.4 is 10.5 Å². The van der Waals surface area contributed by atoms with Crippen LogP contribution in [0.15, 0.2) is 36.7 Å². The summed E-state index contributed by atoms with van der Waals surface area (Å²) in [5.74, 6) is 0.872. The Morgan fingerprint density at radius 3 is 2.00 bits per heavy atom. The first kappa shape index (κ1) is 17.9. The zero-order valence-electron chi connectivity index (χ0n) is 13.4. The minimum atomic E-state index is 0.193. The van der Waals surface area contributed by atoms with E-state index in [1.54, 1.807) is 7.11 Å². The van der Waals surface area contributed by atoms with Gasteiger partial charge in [0.2, 0.25) is 0 Å². The number of rotatable bonds is 2. The topological polar surface area (TPSA) is 45.1 Å². The second-order valence-electron chi connectivity index (χ2n) is 5.74. The van der Waals surface area contributed by atoms with Crippen molar-refractivity contribution in [2.75, 3.05) is 7.11 Å².